The standard InChI is InChI=1S/C16H8F6N2O4/c17-13(9-3-1-5-11(7-9)23(25)26)14(18,16(21,22)15(13,19)20)10-4-2-6-12(8-10)24(27)28/h1-8H/t13-,14-/m1/s1. The molecule has 0 unspecified atom stereocenters. The Labute approximate surface area is 151 Å². The maximum atomic E-state index is 15.4. The third-order valence-electron chi connectivity index (χ3n) is 4.64. The van der Waals surface area contributed by atoms with E-state index in [9.17, 15) is 37.8 Å². The molecule has 0 spiro atoms. The number of nitro groups is 2. The lowest BCUT2D eigenvalue weighted by molar-refractivity contribution is -0.451. The molecule has 0 aromatic heterocycles. The largest absolute Gasteiger partial charge is 0.355 e. The van der Waals surface area contributed by atoms with E-state index in [-0.39, 0.29) is 12.1 Å². The number of rotatable bonds is 4. The summed E-state index contributed by atoms with van der Waals surface area (Å²) in [6, 6.07) is 4.45. The molecule has 0 aliphatic heterocycles. The number of benzene rings is 2. The minimum atomic E-state index is -5.59. The molecule has 1 fully saturated rings. The lowest BCUT2D eigenvalue weighted by atomic mass is 9.55. The van der Waals surface area contributed by atoms with Crippen LogP contribution in [0.15, 0.2) is 48.5 Å². The highest BCUT2D eigenvalue weighted by Crippen LogP contribution is 2.76. The first kappa shape index (κ1) is 19.6. The Balaban J connectivity index is 2.29. The minimum absolute atomic E-state index is 0.217. The van der Waals surface area contributed by atoms with Gasteiger partial charge in [0.25, 0.3) is 11.4 Å². The van der Waals surface area contributed by atoms with Crippen molar-refractivity contribution in [3.05, 3.63) is 79.9 Å². The first-order valence-electron chi connectivity index (χ1n) is 7.45. The van der Waals surface area contributed by atoms with Gasteiger partial charge in [-0.1, -0.05) is 24.3 Å². The highest BCUT2D eigenvalue weighted by Gasteiger charge is 2.98. The van der Waals surface area contributed by atoms with Crippen LogP contribution in [0.4, 0.5) is 37.7 Å². The molecule has 28 heavy (non-hydrogen) atoms. The first-order chi connectivity index (χ1) is 12.8. The molecule has 0 N–H and O–H groups in total. The summed E-state index contributed by atoms with van der Waals surface area (Å²) in [6.45, 7) is 0. The Morgan fingerprint density at radius 2 is 0.964 bits per heavy atom. The highest BCUT2D eigenvalue weighted by atomic mass is 19.3. The van der Waals surface area contributed by atoms with Crippen LogP contribution in [0.1, 0.15) is 11.1 Å². The van der Waals surface area contributed by atoms with E-state index < -0.39 is 55.5 Å². The summed E-state index contributed by atoms with van der Waals surface area (Å²) in [4.78, 5) is 19.4. The number of nitrogens with zero attached hydrogens (tertiary/aromatic N) is 2. The van der Waals surface area contributed by atoms with Crippen molar-refractivity contribution in [1.29, 1.82) is 0 Å². The van der Waals surface area contributed by atoms with E-state index in [0.29, 0.717) is 12.1 Å². The SMILES string of the molecule is O=[N+]([O-])c1cccc([C@]2(F)C(F)(F)C(F)(F)[C@@]2(F)c2cccc([N+](=O)[O-])c2)c1. The second kappa shape index (κ2) is 5.66. The monoisotopic (exact) mass is 406 g/mol. The molecule has 1 aliphatic rings. The molecule has 2 aromatic rings. The van der Waals surface area contributed by atoms with Gasteiger partial charge in [-0.2, -0.15) is 17.6 Å². The molecule has 0 radical (unpaired) electrons. The predicted molar refractivity (Wildman–Crippen MR) is 81.7 cm³/mol. The van der Waals surface area contributed by atoms with Crippen molar-refractivity contribution in [2.45, 2.75) is 23.2 Å². The van der Waals surface area contributed by atoms with Gasteiger partial charge in [-0.25, -0.2) is 8.78 Å². The van der Waals surface area contributed by atoms with E-state index >= 15 is 8.78 Å². The number of non-ortho nitro benzene ring substituents is 2. The number of alkyl halides is 6. The van der Waals surface area contributed by atoms with Crippen LogP contribution in [0, 0.1) is 20.2 Å². The molecule has 1 saturated carbocycles. The van der Waals surface area contributed by atoms with Crippen LogP contribution in [0.5, 0.6) is 0 Å². The molecular formula is C16H8F6N2O4. The van der Waals surface area contributed by atoms with Crippen LogP contribution >= 0.6 is 0 Å². The molecule has 0 amide bonds. The van der Waals surface area contributed by atoms with Gasteiger partial charge in [0.2, 0.25) is 11.3 Å². The molecule has 1 aliphatic carbocycles. The van der Waals surface area contributed by atoms with Crippen molar-refractivity contribution in [1.82, 2.24) is 0 Å². The quantitative estimate of drug-likeness (QED) is 0.414. The van der Waals surface area contributed by atoms with Gasteiger partial charge in [-0.15, -0.1) is 0 Å². The van der Waals surface area contributed by atoms with Gasteiger partial charge in [0.05, 0.1) is 9.85 Å². The summed E-state index contributed by atoms with van der Waals surface area (Å²) >= 11 is 0. The van der Waals surface area contributed by atoms with Gasteiger partial charge in [0.1, 0.15) is 0 Å². The van der Waals surface area contributed by atoms with Gasteiger partial charge in [0.15, 0.2) is 0 Å². The summed E-state index contributed by atoms with van der Waals surface area (Å²) in [5.74, 6) is -11.2. The summed E-state index contributed by atoms with van der Waals surface area (Å²) in [5.41, 5.74) is -14.1. The maximum absolute atomic E-state index is 15.4. The average molecular weight is 406 g/mol. The Hall–Kier alpha value is -3.18. The van der Waals surface area contributed by atoms with Crippen LogP contribution in [-0.2, 0) is 11.3 Å². The van der Waals surface area contributed by atoms with Crippen LogP contribution in [0.25, 0.3) is 0 Å². The van der Waals surface area contributed by atoms with Gasteiger partial charge >= 0.3 is 11.8 Å². The Kier molecular flexibility index (Phi) is 3.96. The predicted octanol–water partition coefficient (Wildman–Crippen LogP) is 4.82. The third kappa shape index (κ3) is 2.05. The minimum Gasteiger partial charge on any atom is -0.258 e. The van der Waals surface area contributed by atoms with Gasteiger partial charge in [-0.05, 0) is 0 Å². The fourth-order valence-electron chi connectivity index (χ4n) is 3.23. The van der Waals surface area contributed by atoms with E-state index in [1.165, 1.54) is 0 Å². The lowest BCUT2D eigenvalue weighted by Crippen LogP contribution is -2.82. The first-order valence-corrected chi connectivity index (χ1v) is 7.45. The van der Waals surface area contributed by atoms with Crippen molar-refractivity contribution >= 4 is 11.4 Å². The molecule has 0 saturated heterocycles. The van der Waals surface area contributed by atoms with Gasteiger partial charge < -0.3 is 0 Å². The number of hydrogen-bond donors (Lipinski definition) is 0. The lowest BCUT2D eigenvalue weighted by Gasteiger charge is -2.58. The fraction of sp³-hybridized carbons (Fsp3) is 0.250. The van der Waals surface area contributed by atoms with Gasteiger partial charge in [-0.3, -0.25) is 20.2 Å². The summed E-state index contributed by atoms with van der Waals surface area (Å²) in [5, 5.41) is 21.6. The molecular weight excluding hydrogens is 398 g/mol. The van der Waals surface area contributed by atoms with Crippen LogP contribution < -0.4 is 0 Å². The van der Waals surface area contributed by atoms with Crippen LogP contribution in [0.3, 0.4) is 0 Å². The van der Waals surface area contributed by atoms with Crippen molar-refractivity contribution in [2.24, 2.45) is 0 Å². The van der Waals surface area contributed by atoms with E-state index in [0.717, 1.165) is 24.3 Å². The number of halogens is 6. The maximum Gasteiger partial charge on any atom is 0.355 e. The molecule has 12 heteroatoms. The van der Waals surface area contributed by atoms with Crippen molar-refractivity contribution in [3.8, 4) is 0 Å². The molecule has 0 bridgehead atoms. The molecule has 148 valence electrons. The van der Waals surface area contributed by atoms with E-state index in [2.05, 4.69) is 0 Å². The van der Waals surface area contributed by atoms with E-state index in [4.69, 9.17) is 0 Å². The zero-order chi connectivity index (χ0) is 21.1. The third-order valence-corrected chi connectivity index (χ3v) is 4.64. The zero-order valence-corrected chi connectivity index (χ0v) is 13.4. The van der Waals surface area contributed by atoms with Crippen molar-refractivity contribution in [3.63, 3.8) is 0 Å². The number of hydrogen-bond acceptors (Lipinski definition) is 4. The normalized spacial score (nSPS) is 27.6. The topological polar surface area (TPSA) is 86.3 Å². The van der Waals surface area contributed by atoms with Crippen LogP contribution in [0.2, 0.25) is 0 Å². The molecule has 6 nitrogen and oxygen atoms in total. The summed E-state index contributed by atoms with van der Waals surface area (Å²) in [7, 11) is 0. The second-order valence-electron chi connectivity index (χ2n) is 6.08. The molecule has 0 heterocycles. The molecule has 2 aromatic carbocycles. The molecule has 3 rings (SSSR count). The number of nitro benzene ring substituents is 2. The Bertz CT molecular complexity index is 921. The Morgan fingerprint density at radius 3 is 1.25 bits per heavy atom. The molecule has 2 atom stereocenters. The van der Waals surface area contributed by atoms with E-state index in [1.54, 1.807) is 0 Å². The summed E-state index contributed by atoms with van der Waals surface area (Å²) < 4.78 is 87.5. The Morgan fingerprint density at radius 1 is 0.643 bits per heavy atom. The highest BCUT2D eigenvalue weighted by molar-refractivity contribution is 5.52. The smallest absolute Gasteiger partial charge is 0.258 e. The second-order valence-corrected chi connectivity index (χ2v) is 6.08. The summed E-state index contributed by atoms with van der Waals surface area (Å²) in [6.07, 6.45) is 0. The zero-order valence-electron chi connectivity index (χ0n) is 13.4. The average Bonchev–Trinajstić information content (AvgIpc) is 2.66. The van der Waals surface area contributed by atoms with Crippen molar-refractivity contribution in [2.75, 3.05) is 0 Å². The van der Waals surface area contributed by atoms with Crippen LogP contribution in [-0.4, -0.2) is 21.7 Å². The van der Waals surface area contributed by atoms with E-state index in [1.807, 2.05) is 0 Å². The fourth-order valence-corrected chi connectivity index (χ4v) is 3.23. The van der Waals surface area contributed by atoms with Gasteiger partial charge in [0, 0.05) is 35.4 Å². The van der Waals surface area contributed by atoms with Crippen molar-refractivity contribution < 1.29 is 36.2 Å².